The van der Waals surface area contributed by atoms with Gasteiger partial charge in [-0.25, -0.2) is 0 Å². The molecule has 0 heterocycles. The van der Waals surface area contributed by atoms with Crippen LogP contribution in [0.25, 0.3) is 0 Å². The molecular weight excluding hydrogens is 220 g/mol. The molecule has 0 atom stereocenters. The number of hydrogen-bond donors (Lipinski definition) is 5. The first-order chi connectivity index (χ1) is 5.56. The molecule has 0 amide bonds. The molecule has 0 aromatic carbocycles. The van der Waals surface area contributed by atoms with E-state index >= 15 is 0 Å². The molecule has 0 saturated carbocycles. The number of nitrogens with two attached hydrogens (primary N) is 1. The molecule has 0 aliphatic carbocycles. The summed E-state index contributed by atoms with van der Waals surface area (Å²) < 4.78 is 21.4. The normalized spacial score (nSPS) is 14.2. The summed E-state index contributed by atoms with van der Waals surface area (Å²) in [7, 11) is -10.2. The molecule has 0 saturated heterocycles. The molecule has 13 heavy (non-hydrogen) atoms. The lowest BCUT2D eigenvalue weighted by molar-refractivity contribution is 0.309. The second kappa shape index (κ2) is 3.63. The molecule has 78 valence electrons. The van der Waals surface area contributed by atoms with Crippen molar-refractivity contribution in [1.29, 1.82) is 0 Å². The fraction of sp³-hybridized carbons (Fsp3) is 0.500. The number of rotatable bonds is 4. The van der Waals surface area contributed by atoms with Gasteiger partial charge in [0.15, 0.2) is 0 Å². The molecule has 0 fully saturated rings. The predicted molar refractivity (Wildman–Crippen MR) is 45.8 cm³/mol. The maximum absolute atomic E-state index is 10.7. The van der Waals surface area contributed by atoms with Crippen LogP contribution in [0.4, 0.5) is 0 Å². The van der Waals surface area contributed by atoms with Crippen molar-refractivity contribution in [3.8, 4) is 0 Å². The van der Waals surface area contributed by atoms with Crippen LogP contribution in [0.2, 0.25) is 0 Å². The second-order valence-electron chi connectivity index (χ2n) is 2.46. The van der Waals surface area contributed by atoms with E-state index in [0.29, 0.717) is 0 Å². The first kappa shape index (κ1) is 13.0. The van der Waals surface area contributed by atoms with Crippen molar-refractivity contribution in [2.24, 2.45) is 5.73 Å². The minimum absolute atomic E-state index is 0.665. The molecule has 0 aliphatic heterocycles. The first-order valence-electron chi connectivity index (χ1n) is 3.07. The van der Waals surface area contributed by atoms with Gasteiger partial charge in [-0.1, -0.05) is 6.08 Å². The summed E-state index contributed by atoms with van der Waals surface area (Å²) in [6.45, 7) is 3.11. The molecule has 6 N–H and O–H groups in total. The van der Waals surface area contributed by atoms with E-state index in [1.165, 1.54) is 0 Å². The summed E-state index contributed by atoms with van der Waals surface area (Å²) in [5.41, 5.74) is 4.97. The van der Waals surface area contributed by atoms with E-state index in [0.717, 1.165) is 6.08 Å². The Bertz CT molecular complexity index is 267. The summed E-state index contributed by atoms with van der Waals surface area (Å²) in [5.74, 6) is 0. The standard InChI is InChI=1S/C4H11NO6P2/c1-2-3-4(5,12(6,7)8)13(9,10)11/h2H,1,3,5H2,(H2,6,7,8)(H2,9,10,11). The third kappa shape index (κ3) is 2.48. The molecule has 0 spiro atoms. The quantitative estimate of drug-likeness (QED) is 0.325. The Morgan fingerprint density at radius 1 is 1.23 bits per heavy atom. The average Bonchev–Trinajstić information content (AvgIpc) is 1.82. The van der Waals surface area contributed by atoms with Crippen LogP contribution in [0.1, 0.15) is 6.42 Å². The Morgan fingerprint density at radius 3 is 1.62 bits per heavy atom. The van der Waals surface area contributed by atoms with Crippen LogP contribution >= 0.6 is 15.2 Å². The monoisotopic (exact) mass is 231 g/mol. The third-order valence-electron chi connectivity index (χ3n) is 1.45. The van der Waals surface area contributed by atoms with E-state index in [9.17, 15) is 9.13 Å². The van der Waals surface area contributed by atoms with Crippen LogP contribution in [0.3, 0.4) is 0 Å². The zero-order valence-corrected chi connectivity index (χ0v) is 8.36. The van der Waals surface area contributed by atoms with Gasteiger partial charge in [0, 0.05) is 6.42 Å². The summed E-state index contributed by atoms with van der Waals surface area (Å²) in [4.78, 5) is 34.6. The van der Waals surface area contributed by atoms with Crippen LogP contribution in [0, 0.1) is 0 Å². The van der Waals surface area contributed by atoms with Gasteiger partial charge in [0.2, 0.25) is 5.02 Å². The fourth-order valence-electron chi connectivity index (χ4n) is 0.620. The van der Waals surface area contributed by atoms with Crippen LogP contribution in [-0.4, -0.2) is 24.6 Å². The molecule has 0 radical (unpaired) electrons. The van der Waals surface area contributed by atoms with Crippen LogP contribution < -0.4 is 5.73 Å². The lowest BCUT2D eigenvalue weighted by Crippen LogP contribution is -2.38. The Labute approximate surface area is 74.6 Å². The molecule has 0 aliphatic rings. The van der Waals surface area contributed by atoms with Crippen molar-refractivity contribution in [2.75, 3.05) is 0 Å². The Balaban J connectivity index is 5.34. The van der Waals surface area contributed by atoms with Crippen molar-refractivity contribution >= 4 is 15.2 Å². The zero-order valence-electron chi connectivity index (χ0n) is 6.57. The summed E-state index contributed by atoms with van der Waals surface area (Å²) in [5, 5.41) is -2.86. The second-order valence-corrected chi connectivity index (χ2v) is 6.58. The van der Waals surface area contributed by atoms with E-state index in [2.05, 4.69) is 6.58 Å². The van der Waals surface area contributed by atoms with Gasteiger partial charge in [-0.2, -0.15) is 0 Å². The minimum atomic E-state index is -5.08. The van der Waals surface area contributed by atoms with Gasteiger partial charge in [0.25, 0.3) is 0 Å². The summed E-state index contributed by atoms with van der Waals surface area (Å²) >= 11 is 0. The van der Waals surface area contributed by atoms with Gasteiger partial charge < -0.3 is 25.3 Å². The molecule has 0 aromatic rings. The Hall–Kier alpha value is -0.0000000000000000416. The summed E-state index contributed by atoms with van der Waals surface area (Å²) in [6, 6.07) is 0. The maximum Gasteiger partial charge on any atom is 0.357 e. The predicted octanol–water partition coefficient (Wildman–Crippen LogP) is -0.470. The van der Waals surface area contributed by atoms with Gasteiger partial charge in [-0.15, -0.1) is 6.58 Å². The highest BCUT2D eigenvalue weighted by Gasteiger charge is 2.56. The first-order valence-corrected chi connectivity index (χ1v) is 6.30. The van der Waals surface area contributed by atoms with E-state index < -0.39 is 26.6 Å². The molecule has 0 rings (SSSR count). The highest BCUT2D eigenvalue weighted by molar-refractivity contribution is 7.72. The largest absolute Gasteiger partial charge is 0.357 e. The van der Waals surface area contributed by atoms with Crippen molar-refractivity contribution in [3.05, 3.63) is 12.7 Å². The highest BCUT2D eigenvalue weighted by Crippen LogP contribution is 2.67. The van der Waals surface area contributed by atoms with Crippen molar-refractivity contribution in [2.45, 2.75) is 11.4 Å². The molecule has 7 nitrogen and oxygen atoms in total. The third-order valence-corrected chi connectivity index (χ3v) is 5.40. The summed E-state index contributed by atoms with van der Waals surface area (Å²) in [6.07, 6.45) is 0.278. The molecule has 9 heteroatoms. The zero-order chi connectivity index (χ0) is 10.9. The fourth-order valence-corrected chi connectivity index (χ4v) is 2.71. The van der Waals surface area contributed by atoms with Crippen LogP contribution in [0.15, 0.2) is 12.7 Å². The van der Waals surface area contributed by atoms with Crippen LogP contribution in [-0.2, 0) is 9.13 Å². The average molecular weight is 231 g/mol. The van der Waals surface area contributed by atoms with E-state index in [1.54, 1.807) is 0 Å². The van der Waals surface area contributed by atoms with Gasteiger partial charge in [0.05, 0.1) is 0 Å². The maximum atomic E-state index is 10.7. The highest BCUT2D eigenvalue weighted by atomic mass is 31.2. The van der Waals surface area contributed by atoms with Gasteiger partial charge in [0.1, 0.15) is 0 Å². The molecule has 0 aromatic heterocycles. The lowest BCUT2D eigenvalue weighted by Gasteiger charge is -2.29. The minimum Gasteiger partial charge on any atom is -0.323 e. The van der Waals surface area contributed by atoms with Crippen molar-refractivity contribution in [3.63, 3.8) is 0 Å². The van der Waals surface area contributed by atoms with Gasteiger partial charge in [-0.05, 0) is 0 Å². The molecule has 0 unspecified atom stereocenters. The van der Waals surface area contributed by atoms with Crippen molar-refractivity contribution in [1.82, 2.24) is 0 Å². The SMILES string of the molecule is C=CCC(N)(P(=O)(O)O)P(=O)(O)O. The van der Waals surface area contributed by atoms with E-state index in [4.69, 9.17) is 25.3 Å². The van der Waals surface area contributed by atoms with E-state index in [-0.39, 0.29) is 0 Å². The molecular formula is C4H11NO6P2. The Kier molecular flexibility index (Phi) is 3.63. The smallest absolute Gasteiger partial charge is 0.323 e. The topological polar surface area (TPSA) is 141 Å². The van der Waals surface area contributed by atoms with Crippen LogP contribution in [0.5, 0.6) is 0 Å². The van der Waals surface area contributed by atoms with E-state index in [1.807, 2.05) is 0 Å². The molecule has 0 bridgehead atoms. The van der Waals surface area contributed by atoms with Gasteiger partial charge in [-0.3, -0.25) is 9.13 Å². The Morgan fingerprint density at radius 2 is 1.54 bits per heavy atom. The van der Waals surface area contributed by atoms with Gasteiger partial charge >= 0.3 is 15.2 Å². The number of hydrogen-bond acceptors (Lipinski definition) is 3. The van der Waals surface area contributed by atoms with Crippen molar-refractivity contribution < 1.29 is 28.7 Å². The lowest BCUT2D eigenvalue weighted by atomic mass is 10.4.